The molecule has 2 aromatic rings. The molecular weight excluding hydrogens is 325 g/mol. The van der Waals surface area contributed by atoms with Crippen molar-refractivity contribution in [3.05, 3.63) is 38.4 Å². The van der Waals surface area contributed by atoms with Crippen LogP contribution in [0.2, 0.25) is 10.0 Å². The third-order valence-corrected chi connectivity index (χ3v) is 4.03. The molecule has 2 N–H and O–H groups in total. The van der Waals surface area contributed by atoms with E-state index >= 15 is 0 Å². The van der Waals surface area contributed by atoms with Gasteiger partial charge in [0.25, 0.3) is 0 Å². The molecule has 0 spiro atoms. The maximum atomic E-state index is 6.11. The molecule has 0 aliphatic heterocycles. The van der Waals surface area contributed by atoms with Crippen molar-refractivity contribution in [1.82, 2.24) is 9.97 Å². The minimum atomic E-state index is 0.378. The summed E-state index contributed by atoms with van der Waals surface area (Å²) in [6.45, 7) is 1.84. The predicted octanol–water partition coefficient (Wildman–Crippen LogP) is 4.10. The standard InChI is InChI=1S/C11H8BrCl2N3/c1-5-8(12)10(15)17-11(16-5)6-3-2-4-7(13)9(6)14/h2-4H,1H3,(H2,15,16,17). The summed E-state index contributed by atoms with van der Waals surface area (Å²) >= 11 is 15.4. The summed E-state index contributed by atoms with van der Waals surface area (Å²) in [4.78, 5) is 8.51. The molecule has 6 heteroatoms. The molecule has 88 valence electrons. The molecule has 0 radical (unpaired) electrons. The topological polar surface area (TPSA) is 51.8 Å². The fraction of sp³-hybridized carbons (Fsp3) is 0.0909. The maximum Gasteiger partial charge on any atom is 0.163 e. The zero-order valence-electron chi connectivity index (χ0n) is 8.84. The number of rotatable bonds is 1. The molecule has 17 heavy (non-hydrogen) atoms. The van der Waals surface area contributed by atoms with Crippen LogP contribution in [-0.2, 0) is 0 Å². The summed E-state index contributed by atoms with van der Waals surface area (Å²) in [5.41, 5.74) is 7.19. The molecule has 0 amide bonds. The quantitative estimate of drug-likeness (QED) is 0.855. The highest BCUT2D eigenvalue weighted by molar-refractivity contribution is 9.10. The van der Waals surface area contributed by atoms with Gasteiger partial charge in [-0.15, -0.1) is 0 Å². The fourth-order valence-electron chi connectivity index (χ4n) is 1.38. The molecule has 2 rings (SSSR count). The van der Waals surface area contributed by atoms with Crippen LogP contribution < -0.4 is 5.73 Å². The van der Waals surface area contributed by atoms with Crippen molar-refractivity contribution < 1.29 is 0 Å². The number of aromatic nitrogens is 2. The van der Waals surface area contributed by atoms with Gasteiger partial charge in [-0.05, 0) is 35.0 Å². The molecule has 1 aromatic heterocycles. The molecule has 0 aliphatic rings. The summed E-state index contributed by atoms with van der Waals surface area (Å²) in [5, 5.41) is 0.891. The predicted molar refractivity (Wildman–Crippen MR) is 74.3 cm³/mol. The number of halogens is 3. The fourth-order valence-corrected chi connectivity index (χ4v) is 1.94. The lowest BCUT2D eigenvalue weighted by Crippen LogP contribution is -2.00. The number of benzene rings is 1. The first-order valence-electron chi connectivity index (χ1n) is 4.74. The smallest absolute Gasteiger partial charge is 0.163 e. The van der Waals surface area contributed by atoms with Gasteiger partial charge in [0.15, 0.2) is 5.82 Å². The van der Waals surface area contributed by atoms with Crippen LogP contribution in [0.15, 0.2) is 22.7 Å². The van der Waals surface area contributed by atoms with Gasteiger partial charge in [0.1, 0.15) is 5.82 Å². The van der Waals surface area contributed by atoms with Gasteiger partial charge >= 0.3 is 0 Å². The zero-order chi connectivity index (χ0) is 12.6. The normalized spacial score (nSPS) is 10.6. The number of nitrogen functional groups attached to an aromatic ring is 1. The average molecular weight is 333 g/mol. The van der Waals surface area contributed by atoms with Crippen LogP contribution in [0.5, 0.6) is 0 Å². The monoisotopic (exact) mass is 331 g/mol. The van der Waals surface area contributed by atoms with Crippen molar-refractivity contribution in [3.8, 4) is 11.4 Å². The van der Waals surface area contributed by atoms with Crippen LogP contribution in [0.25, 0.3) is 11.4 Å². The second-order valence-corrected chi connectivity index (χ2v) is 5.01. The van der Waals surface area contributed by atoms with Gasteiger partial charge in [0.2, 0.25) is 0 Å². The van der Waals surface area contributed by atoms with Crippen molar-refractivity contribution in [3.63, 3.8) is 0 Å². The average Bonchev–Trinajstić information content (AvgIpc) is 2.29. The first-order chi connectivity index (χ1) is 8.00. The number of hydrogen-bond donors (Lipinski definition) is 1. The van der Waals surface area contributed by atoms with Gasteiger partial charge in [0.05, 0.1) is 20.2 Å². The van der Waals surface area contributed by atoms with Gasteiger partial charge < -0.3 is 5.73 Å². The minimum Gasteiger partial charge on any atom is -0.383 e. The second-order valence-electron chi connectivity index (χ2n) is 3.43. The van der Waals surface area contributed by atoms with Gasteiger partial charge in [-0.1, -0.05) is 29.3 Å². The number of hydrogen-bond acceptors (Lipinski definition) is 3. The summed E-state index contributed by atoms with van der Waals surface area (Å²) in [5.74, 6) is 0.847. The van der Waals surface area contributed by atoms with E-state index in [9.17, 15) is 0 Å². The van der Waals surface area contributed by atoms with Crippen molar-refractivity contribution in [2.45, 2.75) is 6.92 Å². The first-order valence-corrected chi connectivity index (χ1v) is 6.29. The molecule has 0 fully saturated rings. The van der Waals surface area contributed by atoms with Crippen LogP contribution in [0, 0.1) is 6.92 Å². The van der Waals surface area contributed by atoms with Crippen molar-refractivity contribution in [1.29, 1.82) is 0 Å². The van der Waals surface area contributed by atoms with E-state index in [0.717, 1.165) is 5.69 Å². The highest BCUT2D eigenvalue weighted by Gasteiger charge is 2.12. The van der Waals surface area contributed by atoms with E-state index in [4.69, 9.17) is 28.9 Å². The van der Waals surface area contributed by atoms with Crippen molar-refractivity contribution >= 4 is 44.9 Å². The Morgan fingerprint density at radius 2 is 1.94 bits per heavy atom. The third kappa shape index (κ3) is 2.39. The van der Waals surface area contributed by atoms with Crippen molar-refractivity contribution in [2.75, 3.05) is 5.73 Å². The van der Waals surface area contributed by atoms with E-state index in [0.29, 0.717) is 31.7 Å². The van der Waals surface area contributed by atoms with E-state index in [1.165, 1.54) is 0 Å². The lowest BCUT2D eigenvalue weighted by Gasteiger charge is -2.08. The second kappa shape index (κ2) is 4.80. The van der Waals surface area contributed by atoms with Gasteiger partial charge in [-0.25, -0.2) is 9.97 Å². The van der Waals surface area contributed by atoms with Crippen molar-refractivity contribution in [2.24, 2.45) is 0 Å². The molecule has 0 bridgehead atoms. The summed E-state index contributed by atoms with van der Waals surface area (Å²) in [7, 11) is 0. The third-order valence-electron chi connectivity index (χ3n) is 2.23. The number of anilines is 1. The van der Waals surface area contributed by atoms with Crippen LogP contribution in [0.4, 0.5) is 5.82 Å². The highest BCUT2D eigenvalue weighted by atomic mass is 79.9. The Hall–Kier alpha value is -0.840. The number of nitrogens with two attached hydrogens (primary N) is 1. The Labute approximate surface area is 117 Å². The summed E-state index contributed by atoms with van der Waals surface area (Å²) in [6, 6.07) is 5.30. The van der Waals surface area contributed by atoms with Gasteiger partial charge in [0, 0.05) is 5.56 Å². The molecule has 0 atom stereocenters. The molecule has 3 nitrogen and oxygen atoms in total. The van der Waals surface area contributed by atoms with E-state index in [1.807, 2.05) is 6.92 Å². The Kier molecular flexibility index (Phi) is 3.56. The van der Waals surface area contributed by atoms with Crippen LogP contribution in [0.3, 0.4) is 0 Å². The SMILES string of the molecule is Cc1nc(-c2cccc(Cl)c2Cl)nc(N)c1Br. The van der Waals surface area contributed by atoms with E-state index < -0.39 is 0 Å². The Morgan fingerprint density at radius 1 is 1.24 bits per heavy atom. The molecule has 1 heterocycles. The molecular formula is C11H8BrCl2N3. The van der Waals surface area contributed by atoms with Gasteiger partial charge in [-0.3, -0.25) is 0 Å². The maximum absolute atomic E-state index is 6.11. The lowest BCUT2D eigenvalue weighted by atomic mass is 10.2. The van der Waals surface area contributed by atoms with Crippen LogP contribution in [-0.4, -0.2) is 9.97 Å². The summed E-state index contributed by atoms with van der Waals surface area (Å²) in [6.07, 6.45) is 0. The van der Waals surface area contributed by atoms with E-state index in [2.05, 4.69) is 25.9 Å². The minimum absolute atomic E-state index is 0.378. The lowest BCUT2D eigenvalue weighted by molar-refractivity contribution is 1.10. The number of nitrogens with zero attached hydrogens (tertiary/aromatic N) is 2. The number of aryl methyl sites for hydroxylation is 1. The van der Waals surface area contributed by atoms with E-state index in [-0.39, 0.29) is 0 Å². The molecule has 0 saturated heterocycles. The van der Waals surface area contributed by atoms with E-state index in [1.54, 1.807) is 18.2 Å². The molecule has 0 saturated carbocycles. The summed E-state index contributed by atoms with van der Waals surface area (Å²) < 4.78 is 0.694. The zero-order valence-corrected chi connectivity index (χ0v) is 11.9. The molecule has 1 aromatic carbocycles. The van der Waals surface area contributed by atoms with Gasteiger partial charge in [-0.2, -0.15) is 0 Å². The Morgan fingerprint density at radius 3 is 2.59 bits per heavy atom. The highest BCUT2D eigenvalue weighted by Crippen LogP contribution is 2.33. The largest absolute Gasteiger partial charge is 0.383 e. The first kappa shape index (κ1) is 12.6. The Balaban J connectivity index is 2.65. The molecule has 0 aliphatic carbocycles. The Bertz CT molecular complexity index is 564. The molecule has 0 unspecified atom stereocenters. The van der Waals surface area contributed by atoms with Crippen LogP contribution >= 0.6 is 39.1 Å². The van der Waals surface area contributed by atoms with Crippen LogP contribution in [0.1, 0.15) is 5.69 Å².